The number of phenols is 1. The molecule has 47 heavy (non-hydrogen) atoms. The minimum Gasteiger partial charge on any atom is -0.508 e. The number of aliphatic hydroxyl groups is 1. The minimum absolute atomic E-state index is 0.0118. The van der Waals surface area contributed by atoms with Crippen LogP contribution in [-0.2, 0) is 14.4 Å². The summed E-state index contributed by atoms with van der Waals surface area (Å²) in [5.74, 6) is -5.03. The van der Waals surface area contributed by atoms with E-state index < -0.39 is 59.0 Å². The van der Waals surface area contributed by atoms with Crippen molar-refractivity contribution in [1.29, 1.82) is 0 Å². The quantitative estimate of drug-likeness (QED) is 0.213. The standard InChI is InChI=1S/C34H33ClN2O9S/c1-16-13-22(39)26(31(41)34(16)32(42)27-23(44-2)15-24(45-3)28(35)30(27)46-34)21(17-7-11-20(47-4)12-8-17)14-25(40)37-29(33(36)43)18-5-9-19(38)10-6-18/h5-12,15-16,21,29,38,41H,13-14H2,1-4H3,(H2,36,43)(H,37,40)/t16-,21?,29-,34+/m1/s1. The Morgan fingerprint density at radius 2 is 1.68 bits per heavy atom. The number of nitrogens with one attached hydrogen (secondary N) is 1. The predicted octanol–water partition coefficient (Wildman–Crippen LogP) is 5.04. The summed E-state index contributed by atoms with van der Waals surface area (Å²) < 4.78 is 17.1. The van der Waals surface area contributed by atoms with E-state index in [-0.39, 0.29) is 45.6 Å². The number of methoxy groups -OCH3 is 2. The Labute approximate surface area is 280 Å². The van der Waals surface area contributed by atoms with E-state index in [0.717, 1.165) is 4.90 Å². The Morgan fingerprint density at radius 3 is 2.26 bits per heavy atom. The number of ketones is 2. The maximum absolute atomic E-state index is 14.3. The molecular formula is C34H33ClN2O9S. The lowest BCUT2D eigenvalue weighted by molar-refractivity contribution is -0.127. The van der Waals surface area contributed by atoms with Crippen LogP contribution in [0, 0.1) is 5.92 Å². The van der Waals surface area contributed by atoms with Crippen LogP contribution in [0.1, 0.15) is 53.2 Å². The summed E-state index contributed by atoms with van der Waals surface area (Å²) in [5, 5.41) is 24.3. The summed E-state index contributed by atoms with van der Waals surface area (Å²) in [6, 6.07) is 12.8. The van der Waals surface area contributed by atoms with E-state index >= 15 is 0 Å². The van der Waals surface area contributed by atoms with Gasteiger partial charge in [-0.1, -0.05) is 42.8 Å². The lowest BCUT2D eigenvalue weighted by Gasteiger charge is -2.38. The van der Waals surface area contributed by atoms with E-state index in [4.69, 9.17) is 31.5 Å². The number of halogens is 1. The molecule has 246 valence electrons. The van der Waals surface area contributed by atoms with E-state index in [2.05, 4.69) is 5.32 Å². The van der Waals surface area contributed by atoms with Gasteiger partial charge in [0.2, 0.25) is 23.2 Å². The molecule has 0 saturated carbocycles. The van der Waals surface area contributed by atoms with Crippen LogP contribution in [0.4, 0.5) is 0 Å². The van der Waals surface area contributed by atoms with Gasteiger partial charge in [-0.25, -0.2) is 0 Å². The monoisotopic (exact) mass is 680 g/mol. The molecule has 5 rings (SSSR count). The predicted molar refractivity (Wildman–Crippen MR) is 174 cm³/mol. The van der Waals surface area contributed by atoms with Gasteiger partial charge < -0.3 is 35.5 Å². The number of benzene rings is 3. The molecule has 3 aromatic carbocycles. The van der Waals surface area contributed by atoms with Crippen LogP contribution in [0.3, 0.4) is 0 Å². The molecule has 11 nitrogen and oxygen atoms in total. The molecular weight excluding hydrogens is 648 g/mol. The van der Waals surface area contributed by atoms with Crippen LogP contribution in [0.15, 0.2) is 70.8 Å². The highest BCUT2D eigenvalue weighted by molar-refractivity contribution is 7.98. The lowest BCUT2D eigenvalue weighted by atomic mass is 9.69. The third-order valence-electron chi connectivity index (χ3n) is 8.58. The number of amides is 2. The lowest BCUT2D eigenvalue weighted by Crippen LogP contribution is -2.53. The molecule has 4 atom stereocenters. The zero-order valence-corrected chi connectivity index (χ0v) is 27.5. The second kappa shape index (κ2) is 13.2. The second-order valence-corrected chi connectivity index (χ2v) is 12.5. The number of allylic oxidation sites excluding steroid dienone is 1. The molecule has 1 aliphatic carbocycles. The van der Waals surface area contributed by atoms with Gasteiger partial charge in [0.05, 0.1) is 14.2 Å². The van der Waals surface area contributed by atoms with Gasteiger partial charge in [0, 0.05) is 41.2 Å². The number of ether oxygens (including phenoxy) is 3. The zero-order chi connectivity index (χ0) is 34.2. The summed E-state index contributed by atoms with van der Waals surface area (Å²) in [7, 11) is 2.75. The highest BCUT2D eigenvalue weighted by atomic mass is 35.5. The molecule has 1 unspecified atom stereocenters. The van der Waals surface area contributed by atoms with Crippen LogP contribution in [0.25, 0.3) is 0 Å². The van der Waals surface area contributed by atoms with Crippen molar-refractivity contribution in [2.45, 2.75) is 42.2 Å². The number of hydrogen-bond donors (Lipinski definition) is 4. The number of thioether (sulfide) groups is 1. The molecule has 2 aliphatic rings. The van der Waals surface area contributed by atoms with Crippen molar-refractivity contribution in [2.75, 3.05) is 20.5 Å². The number of aromatic hydroxyl groups is 1. The van der Waals surface area contributed by atoms with Crippen LogP contribution in [0.2, 0.25) is 5.02 Å². The Morgan fingerprint density at radius 1 is 1.06 bits per heavy atom. The van der Waals surface area contributed by atoms with Gasteiger partial charge in [-0.15, -0.1) is 11.8 Å². The Kier molecular flexibility index (Phi) is 9.46. The average molecular weight is 681 g/mol. The summed E-state index contributed by atoms with van der Waals surface area (Å²) >= 11 is 8.06. The van der Waals surface area contributed by atoms with Crippen molar-refractivity contribution in [1.82, 2.24) is 5.32 Å². The first kappa shape index (κ1) is 33.7. The SMILES string of the molecule is COc1cc(OC)c2c(c1Cl)O[C@]1(C2=O)C(O)=C(C(CC(=O)N[C@@H](C(N)=O)c2ccc(O)cc2)c2ccc(SC)cc2)C(=O)C[C@H]1C. The largest absolute Gasteiger partial charge is 0.508 e. The maximum atomic E-state index is 14.3. The third-order valence-corrected chi connectivity index (χ3v) is 9.69. The summed E-state index contributed by atoms with van der Waals surface area (Å²) in [5.41, 5.74) is 4.20. The number of rotatable bonds is 10. The molecule has 1 aliphatic heterocycles. The first-order valence-corrected chi connectivity index (χ1v) is 16.1. The molecule has 0 aromatic heterocycles. The zero-order valence-electron chi connectivity index (χ0n) is 26.0. The number of carbonyl (C=O) groups is 4. The third kappa shape index (κ3) is 5.87. The molecule has 0 fully saturated rings. The molecule has 3 aromatic rings. The van der Waals surface area contributed by atoms with E-state index in [1.807, 2.05) is 6.26 Å². The fraction of sp³-hybridized carbons (Fsp3) is 0.294. The van der Waals surface area contributed by atoms with Gasteiger partial charge in [-0.3, -0.25) is 19.2 Å². The Hall–Kier alpha value is -4.68. The van der Waals surface area contributed by atoms with Crippen molar-refractivity contribution < 1.29 is 43.6 Å². The molecule has 0 saturated heterocycles. The number of phenolic OH excluding ortho intramolecular Hbond substituents is 1. The van der Waals surface area contributed by atoms with Crippen molar-refractivity contribution in [3.8, 4) is 23.0 Å². The number of fused-ring (bicyclic) bond motifs is 1. The molecule has 0 radical (unpaired) electrons. The topological polar surface area (TPSA) is 174 Å². The fourth-order valence-electron chi connectivity index (χ4n) is 6.15. The van der Waals surface area contributed by atoms with Crippen LogP contribution < -0.4 is 25.3 Å². The van der Waals surface area contributed by atoms with Crippen molar-refractivity contribution in [3.05, 3.63) is 87.6 Å². The maximum Gasteiger partial charge on any atom is 0.244 e. The van der Waals surface area contributed by atoms with E-state index in [1.165, 1.54) is 56.3 Å². The number of carbonyl (C=O) groups excluding carboxylic acids is 4. The molecule has 1 heterocycles. The van der Waals surface area contributed by atoms with Crippen LogP contribution in [0.5, 0.6) is 23.0 Å². The Balaban J connectivity index is 1.62. The van der Waals surface area contributed by atoms with Crippen molar-refractivity contribution in [3.63, 3.8) is 0 Å². The summed E-state index contributed by atoms with van der Waals surface area (Å²) in [4.78, 5) is 55.1. The van der Waals surface area contributed by atoms with Gasteiger partial charge in [-0.05, 0) is 41.6 Å². The minimum atomic E-state index is -2.05. The first-order valence-electron chi connectivity index (χ1n) is 14.5. The number of Topliss-reactive ketones (excluding diaryl/α,β-unsaturated/α-hetero) is 2. The molecule has 2 amide bonds. The Bertz CT molecular complexity index is 1790. The van der Waals surface area contributed by atoms with Gasteiger partial charge in [-0.2, -0.15) is 0 Å². The van der Waals surface area contributed by atoms with E-state index in [0.29, 0.717) is 11.1 Å². The summed E-state index contributed by atoms with van der Waals surface area (Å²) in [6.45, 7) is 1.61. The highest BCUT2D eigenvalue weighted by Gasteiger charge is 2.61. The fourth-order valence-corrected chi connectivity index (χ4v) is 6.83. The van der Waals surface area contributed by atoms with Crippen molar-refractivity contribution in [2.24, 2.45) is 11.7 Å². The number of primary amides is 1. The molecule has 5 N–H and O–H groups in total. The number of aliphatic hydroxyl groups excluding tert-OH is 1. The first-order chi connectivity index (χ1) is 22.4. The van der Waals surface area contributed by atoms with Gasteiger partial charge in [0.25, 0.3) is 0 Å². The number of hydrogen-bond acceptors (Lipinski definition) is 10. The van der Waals surface area contributed by atoms with E-state index in [9.17, 15) is 29.4 Å². The average Bonchev–Trinajstić information content (AvgIpc) is 3.37. The molecule has 13 heteroatoms. The smallest absolute Gasteiger partial charge is 0.244 e. The highest BCUT2D eigenvalue weighted by Crippen LogP contribution is 2.55. The second-order valence-electron chi connectivity index (χ2n) is 11.3. The van der Waals surface area contributed by atoms with Gasteiger partial charge >= 0.3 is 0 Å². The molecule has 0 bridgehead atoms. The van der Waals surface area contributed by atoms with Gasteiger partial charge in [0.15, 0.2) is 17.3 Å². The van der Waals surface area contributed by atoms with Gasteiger partial charge in [0.1, 0.15) is 33.9 Å². The normalized spacial score (nSPS) is 20.0. The molecule has 1 spiro atoms. The van der Waals surface area contributed by atoms with Crippen molar-refractivity contribution >= 4 is 46.7 Å². The van der Waals surface area contributed by atoms with E-state index in [1.54, 1.807) is 31.2 Å². The summed E-state index contributed by atoms with van der Waals surface area (Å²) in [6.07, 6.45) is 1.29. The van der Waals surface area contributed by atoms with Crippen LogP contribution in [-0.4, -0.2) is 59.7 Å². The van der Waals surface area contributed by atoms with Crippen LogP contribution >= 0.6 is 23.4 Å². The number of nitrogens with two attached hydrogens (primary N) is 1.